The van der Waals surface area contributed by atoms with Gasteiger partial charge in [-0.2, -0.15) is 5.10 Å². The van der Waals surface area contributed by atoms with Crippen LogP contribution >= 0.6 is 34.5 Å². The molecule has 1 saturated heterocycles. The fraction of sp³-hybridized carbons (Fsp3) is 0.368. The molecule has 0 saturated carbocycles. The molecule has 3 rings (SSSR count). The Bertz CT molecular complexity index is 780. The molecule has 1 fully saturated rings. The number of carbonyl (C=O) groups excluding carboxylic acids is 1. The maximum absolute atomic E-state index is 12.4. The molecule has 1 aromatic carbocycles. The highest BCUT2D eigenvalue weighted by Gasteiger charge is 2.24. The van der Waals surface area contributed by atoms with E-state index < -0.39 is 0 Å². The summed E-state index contributed by atoms with van der Waals surface area (Å²) in [4.78, 5) is 15.7. The van der Waals surface area contributed by atoms with Crippen LogP contribution in [0.1, 0.15) is 30.2 Å². The molecule has 26 heavy (non-hydrogen) atoms. The summed E-state index contributed by atoms with van der Waals surface area (Å²) < 4.78 is 0.717. The number of nitrogens with zero attached hydrogens (tertiary/aromatic N) is 2. The number of thiophene rings is 1. The number of piperidine rings is 1. The van der Waals surface area contributed by atoms with Crippen molar-refractivity contribution >= 4 is 46.2 Å². The molecule has 0 spiro atoms. The molecule has 0 aliphatic carbocycles. The van der Waals surface area contributed by atoms with Crippen LogP contribution in [0.2, 0.25) is 9.36 Å². The smallest absolute Gasteiger partial charge is 0.243 e. The van der Waals surface area contributed by atoms with Gasteiger partial charge in [0.15, 0.2) is 0 Å². The molecule has 1 aliphatic rings. The van der Waals surface area contributed by atoms with Gasteiger partial charge in [-0.3, -0.25) is 9.69 Å². The van der Waals surface area contributed by atoms with Crippen molar-refractivity contribution in [3.8, 4) is 0 Å². The van der Waals surface area contributed by atoms with Crippen molar-refractivity contribution in [1.82, 2.24) is 10.3 Å². The monoisotopic (exact) mass is 409 g/mol. The minimum Gasteiger partial charge on any atom is -0.299 e. The van der Waals surface area contributed by atoms with Gasteiger partial charge in [-0.15, -0.1) is 11.3 Å². The number of benzene rings is 1. The van der Waals surface area contributed by atoms with Crippen molar-refractivity contribution in [2.45, 2.75) is 26.3 Å². The zero-order valence-electron chi connectivity index (χ0n) is 14.5. The predicted octanol–water partition coefficient (Wildman–Crippen LogP) is 4.81. The number of rotatable bonds is 5. The summed E-state index contributed by atoms with van der Waals surface area (Å²) >= 11 is 13.3. The maximum atomic E-state index is 12.4. The van der Waals surface area contributed by atoms with E-state index in [0.29, 0.717) is 4.34 Å². The van der Waals surface area contributed by atoms with Crippen LogP contribution in [0.3, 0.4) is 0 Å². The topological polar surface area (TPSA) is 44.7 Å². The Morgan fingerprint density at radius 3 is 2.50 bits per heavy atom. The number of amides is 1. The van der Waals surface area contributed by atoms with Crippen molar-refractivity contribution in [1.29, 1.82) is 0 Å². The van der Waals surface area contributed by atoms with Crippen LogP contribution in [0, 0.1) is 5.92 Å². The molecular formula is C19H21Cl2N3OS. The van der Waals surface area contributed by atoms with Gasteiger partial charge in [0, 0.05) is 17.5 Å². The van der Waals surface area contributed by atoms with E-state index in [2.05, 4.69) is 27.6 Å². The Morgan fingerprint density at radius 2 is 1.88 bits per heavy atom. The van der Waals surface area contributed by atoms with E-state index >= 15 is 0 Å². The highest BCUT2D eigenvalue weighted by molar-refractivity contribution is 7.18. The lowest BCUT2D eigenvalue weighted by Gasteiger charge is -2.30. The number of carbonyl (C=O) groups is 1. The molecule has 4 nitrogen and oxygen atoms in total. The molecule has 2 heterocycles. The van der Waals surface area contributed by atoms with Gasteiger partial charge in [-0.05, 0) is 62.7 Å². The van der Waals surface area contributed by atoms with E-state index in [4.69, 9.17) is 23.2 Å². The van der Waals surface area contributed by atoms with Crippen molar-refractivity contribution in [3.05, 3.63) is 56.2 Å². The quantitative estimate of drug-likeness (QED) is 0.568. The highest BCUT2D eigenvalue weighted by atomic mass is 35.5. The second-order valence-corrected chi connectivity index (χ2v) is 8.61. The molecule has 1 amide bonds. The average molecular weight is 410 g/mol. The van der Waals surface area contributed by atoms with E-state index in [1.807, 2.05) is 31.2 Å². The normalized spacial score (nSPS) is 16.7. The molecule has 7 heteroatoms. The third kappa shape index (κ3) is 5.30. The number of hydrogen-bond donors (Lipinski definition) is 1. The second kappa shape index (κ2) is 9.00. The zero-order chi connectivity index (χ0) is 18.5. The minimum absolute atomic E-state index is 0.00172. The SMILES string of the molecule is CC(=NNC(=O)C1CCN(Cc2ccc(Cl)cc2)CC1)c1ccc(Cl)s1. The minimum atomic E-state index is -0.00172. The number of hydrogen-bond acceptors (Lipinski definition) is 4. The number of nitrogens with one attached hydrogen (secondary N) is 1. The predicted molar refractivity (Wildman–Crippen MR) is 109 cm³/mol. The Hall–Kier alpha value is -1.40. The summed E-state index contributed by atoms with van der Waals surface area (Å²) in [6.07, 6.45) is 1.69. The fourth-order valence-corrected chi connectivity index (χ4v) is 4.11. The largest absolute Gasteiger partial charge is 0.299 e. The number of likely N-dealkylation sites (tertiary alicyclic amines) is 1. The first kappa shape index (κ1) is 19.4. The van der Waals surface area contributed by atoms with Crippen LogP contribution in [-0.4, -0.2) is 29.6 Å². The van der Waals surface area contributed by atoms with E-state index in [0.717, 1.165) is 48.1 Å². The van der Waals surface area contributed by atoms with Crippen molar-refractivity contribution in [2.75, 3.05) is 13.1 Å². The second-order valence-electron chi connectivity index (χ2n) is 6.45. The van der Waals surface area contributed by atoms with Crippen LogP contribution < -0.4 is 5.43 Å². The lowest BCUT2D eigenvalue weighted by Crippen LogP contribution is -2.39. The van der Waals surface area contributed by atoms with Crippen LogP contribution in [0.4, 0.5) is 0 Å². The molecular weight excluding hydrogens is 389 g/mol. The summed E-state index contributed by atoms with van der Waals surface area (Å²) in [5.74, 6) is 0.0121. The van der Waals surface area contributed by atoms with E-state index in [-0.39, 0.29) is 11.8 Å². The third-order valence-electron chi connectivity index (χ3n) is 4.54. The molecule has 0 unspecified atom stereocenters. The summed E-state index contributed by atoms with van der Waals surface area (Å²) in [7, 11) is 0. The number of hydrazone groups is 1. The van der Waals surface area contributed by atoms with E-state index in [9.17, 15) is 4.79 Å². The van der Waals surface area contributed by atoms with Crippen LogP contribution in [0.5, 0.6) is 0 Å². The standard InChI is InChI=1S/C19H21Cl2N3OS/c1-13(17-6-7-18(21)26-17)22-23-19(25)15-8-10-24(11-9-15)12-14-2-4-16(20)5-3-14/h2-7,15H,8-12H2,1H3,(H,23,25). The average Bonchev–Trinajstić information content (AvgIpc) is 3.08. The third-order valence-corrected chi connectivity index (χ3v) is 6.13. The first-order chi connectivity index (χ1) is 12.5. The Morgan fingerprint density at radius 1 is 1.19 bits per heavy atom. The molecule has 1 aromatic heterocycles. The maximum Gasteiger partial charge on any atom is 0.243 e. The van der Waals surface area contributed by atoms with Gasteiger partial charge >= 0.3 is 0 Å². The fourth-order valence-electron chi connectivity index (χ4n) is 3.00. The van der Waals surface area contributed by atoms with Gasteiger partial charge in [0.2, 0.25) is 5.91 Å². The number of halogens is 2. The molecule has 2 aromatic rings. The van der Waals surface area contributed by atoms with Gasteiger partial charge in [-0.25, -0.2) is 5.43 Å². The Kier molecular flexibility index (Phi) is 6.70. The first-order valence-electron chi connectivity index (χ1n) is 8.58. The van der Waals surface area contributed by atoms with Crippen molar-refractivity contribution < 1.29 is 4.79 Å². The summed E-state index contributed by atoms with van der Waals surface area (Å²) in [6.45, 7) is 4.58. The lowest BCUT2D eigenvalue weighted by atomic mass is 9.96. The molecule has 138 valence electrons. The van der Waals surface area contributed by atoms with Gasteiger partial charge in [0.05, 0.1) is 14.9 Å². The Labute approximate surface area is 167 Å². The van der Waals surface area contributed by atoms with Gasteiger partial charge < -0.3 is 0 Å². The molecule has 1 aliphatic heterocycles. The highest BCUT2D eigenvalue weighted by Crippen LogP contribution is 2.22. The van der Waals surface area contributed by atoms with Crippen LogP contribution in [-0.2, 0) is 11.3 Å². The van der Waals surface area contributed by atoms with Crippen molar-refractivity contribution in [2.24, 2.45) is 11.0 Å². The molecule has 0 radical (unpaired) electrons. The van der Waals surface area contributed by atoms with E-state index in [1.54, 1.807) is 0 Å². The lowest BCUT2D eigenvalue weighted by molar-refractivity contribution is -0.126. The summed E-state index contributed by atoms with van der Waals surface area (Å²) in [5.41, 5.74) is 4.73. The molecule has 0 bridgehead atoms. The zero-order valence-corrected chi connectivity index (χ0v) is 16.9. The first-order valence-corrected chi connectivity index (χ1v) is 10.1. The summed E-state index contributed by atoms with van der Waals surface area (Å²) in [5, 5.41) is 4.98. The van der Waals surface area contributed by atoms with Crippen LogP contribution in [0.15, 0.2) is 41.5 Å². The van der Waals surface area contributed by atoms with E-state index in [1.165, 1.54) is 16.9 Å². The molecule has 0 atom stereocenters. The molecule has 1 N–H and O–H groups in total. The van der Waals surface area contributed by atoms with Gasteiger partial charge in [-0.1, -0.05) is 35.3 Å². The summed E-state index contributed by atoms with van der Waals surface area (Å²) in [6, 6.07) is 11.7. The van der Waals surface area contributed by atoms with Crippen LogP contribution in [0.25, 0.3) is 0 Å². The van der Waals surface area contributed by atoms with Gasteiger partial charge in [0.25, 0.3) is 0 Å². The van der Waals surface area contributed by atoms with Gasteiger partial charge in [0.1, 0.15) is 0 Å². The Balaban J connectivity index is 1.46. The van der Waals surface area contributed by atoms with Crippen molar-refractivity contribution in [3.63, 3.8) is 0 Å².